The van der Waals surface area contributed by atoms with E-state index in [0.717, 1.165) is 36.0 Å². The summed E-state index contributed by atoms with van der Waals surface area (Å²) in [5, 5.41) is 3.27. The molecule has 0 amide bonds. The summed E-state index contributed by atoms with van der Waals surface area (Å²) in [4.78, 5) is 26.2. The van der Waals surface area contributed by atoms with Gasteiger partial charge in [-0.1, -0.05) is 26.3 Å². The number of nitrogens with one attached hydrogen (secondary N) is 2. The Balaban J connectivity index is 1.84. The highest BCUT2D eigenvalue weighted by molar-refractivity contribution is 6.04. The number of rotatable bonds is 6. The first kappa shape index (κ1) is 17.5. The molecule has 1 fully saturated rings. The number of aromatic nitrogens is 2. The van der Waals surface area contributed by atoms with E-state index in [1.54, 1.807) is 6.92 Å². The summed E-state index contributed by atoms with van der Waals surface area (Å²) in [5.41, 5.74) is 1.76. The zero-order chi connectivity index (χ0) is 17.8. The third-order valence-electron chi connectivity index (χ3n) is 4.67. The van der Waals surface area contributed by atoms with Crippen molar-refractivity contribution in [3.05, 3.63) is 18.1 Å². The van der Waals surface area contributed by atoms with Gasteiger partial charge >= 0.3 is 5.97 Å². The molecule has 3 rings (SSSR count). The maximum Gasteiger partial charge on any atom is 0.327 e. The zero-order valence-electron chi connectivity index (χ0n) is 15.1. The largest absolute Gasteiger partial charge is 0.465 e. The Hall–Kier alpha value is -2.31. The number of esters is 1. The molecular weight excluding hydrogens is 318 g/mol. The lowest BCUT2D eigenvalue weighted by molar-refractivity contribution is -0.141. The van der Waals surface area contributed by atoms with E-state index in [2.05, 4.69) is 28.8 Å². The van der Waals surface area contributed by atoms with Crippen molar-refractivity contribution in [3.63, 3.8) is 0 Å². The molecule has 7 heteroatoms. The number of nitrogens with zero attached hydrogens (tertiary/aromatic N) is 3. The molecule has 2 N–H and O–H groups in total. The van der Waals surface area contributed by atoms with Gasteiger partial charge in [0, 0.05) is 12.5 Å². The Morgan fingerprint density at radius 1 is 1.40 bits per heavy atom. The van der Waals surface area contributed by atoms with E-state index in [4.69, 9.17) is 9.72 Å². The molecule has 0 saturated heterocycles. The number of ether oxygens (including phenoxy) is 1. The van der Waals surface area contributed by atoms with Gasteiger partial charge in [0.2, 0.25) is 5.96 Å². The van der Waals surface area contributed by atoms with Crippen LogP contribution in [-0.2, 0) is 9.53 Å². The minimum absolute atomic E-state index is 0.0150. The molecule has 25 heavy (non-hydrogen) atoms. The van der Waals surface area contributed by atoms with Gasteiger partial charge in [-0.2, -0.15) is 0 Å². The predicted molar refractivity (Wildman–Crippen MR) is 98.4 cm³/mol. The van der Waals surface area contributed by atoms with Crippen LogP contribution in [0.5, 0.6) is 0 Å². The Kier molecular flexibility index (Phi) is 5.40. The number of aromatic amines is 1. The Labute approximate surface area is 148 Å². The summed E-state index contributed by atoms with van der Waals surface area (Å²) < 4.78 is 4.96. The van der Waals surface area contributed by atoms with Crippen molar-refractivity contribution in [3.8, 4) is 0 Å². The predicted octanol–water partition coefficient (Wildman–Crippen LogP) is 3.09. The fourth-order valence-corrected chi connectivity index (χ4v) is 3.46. The number of imidazole rings is 1. The SMILES string of the molecule is C=C1c2[nH]c(C3CCCC3)nc2NC(=NCC(=O)OCC)N1CCC. The Bertz CT molecular complexity index is 673. The molecule has 0 aromatic carbocycles. The zero-order valence-corrected chi connectivity index (χ0v) is 15.1. The lowest BCUT2D eigenvalue weighted by Crippen LogP contribution is -2.39. The van der Waals surface area contributed by atoms with Crippen LogP contribution in [-0.4, -0.2) is 46.5 Å². The molecule has 1 aromatic rings. The van der Waals surface area contributed by atoms with Crippen molar-refractivity contribution in [2.75, 3.05) is 25.0 Å². The number of carbonyl (C=O) groups excluding carboxylic acids is 1. The summed E-state index contributed by atoms with van der Waals surface area (Å²) in [7, 11) is 0. The first-order valence-electron chi connectivity index (χ1n) is 9.17. The molecule has 7 nitrogen and oxygen atoms in total. The molecule has 0 bridgehead atoms. The van der Waals surface area contributed by atoms with Crippen molar-refractivity contribution < 1.29 is 9.53 Å². The summed E-state index contributed by atoms with van der Waals surface area (Å²) in [6.07, 6.45) is 5.83. The van der Waals surface area contributed by atoms with Crippen molar-refractivity contribution in [2.45, 2.75) is 51.9 Å². The average molecular weight is 345 g/mol. The normalized spacial score (nSPS) is 19.2. The minimum Gasteiger partial charge on any atom is -0.465 e. The monoisotopic (exact) mass is 345 g/mol. The van der Waals surface area contributed by atoms with Crippen molar-refractivity contribution in [1.29, 1.82) is 0 Å². The van der Waals surface area contributed by atoms with Gasteiger partial charge in [-0.15, -0.1) is 0 Å². The molecule has 136 valence electrons. The van der Waals surface area contributed by atoms with E-state index in [0.29, 0.717) is 18.5 Å². The van der Waals surface area contributed by atoms with Gasteiger partial charge in [0.1, 0.15) is 18.1 Å². The maximum atomic E-state index is 11.6. The van der Waals surface area contributed by atoms with Crippen LogP contribution in [0, 0.1) is 0 Å². The van der Waals surface area contributed by atoms with Crippen molar-refractivity contribution in [1.82, 2.24) is 14.9 Å². The van der Waals surface area contributed by atoms with E-state index in [-0.39, 0.29) is 12.5 Å². The van der Waals surface area contributed by atoms with E-state index >= 15 is 0 Å². The van der Waals surface area contributed by atoms with Gasteiger partial charge < -0.3 is 19.9 Å². The molecule has 1 aliphatic heterocycles. The van der Waals surface area contributed by atoms with Gasteiger partial charge in [0.25, 0.3) is 0 Å². The molecule has 1 saturated carbocycles. The molecule has 0 spiro atoms. The third kappa shape index (κ3) is 3.70. The number of aliphatic imine (C=N–C) groups is 1. The molecule has 0 unspecified atom stereocenters. The van der Waals surface area contributed by atoms with Crippen LogP contribution >= 0.6 is 0 Å². The van der Waals surface area contributed by atoms with Gasteiger partial charge in [-0.25, -0.2) is 9.98 Å². The fourth-order valence-electron chi connectivity index (χ4n) is 3.46. The smallest absolute Gasteiger partial charge is 0.327 e. The molecule has 1 aliphatic carbocycles. The topological polar surface area (TPSA) is 82.6 Å². The standard InChI is InChI=1S/C18H27N5O2/c1-4-10-23-12(3)15-17(21-16(20-15)13-8-6-7-9-13)22-18(23)19-11-14(24)25-5-2/h13H,3-11H2,1-2H3,(H,19,22)(H,20,21). The van der Waals surface area contributed by atoms with Crippen LogP contribution in [0.25, 0.3) is 5.70 Å². The second-order valence-electron chi connectivity index (χ2n) is 6.50. The van der Waals surface area contributed by atoms with Crippen molar-refractivity contribution >= 4 is 23.4 Å². The molecular formula is C18H27N5O2. The second kappa shape index (κ2) is 7.72. The Morgan fingerprint density at radius 2 is 2.16 bits per heavy atom. The molecule has 0 atom stereocenters. The molecule has 1 aromatic heterocycles. The van der Waals surface area contributed by atoms with Crippen LogP contribution in [0.1, 0.15) is 63.4 Å². The van der Waals surface area contributed by atoms with Crippen LogP contribution in [0.4, 0.5) is 5.82 Å². The Morgan fingerprint density at radius 3 is 2.84 bits per heavy atom. The number of fused-ring (bicyclic) bond motifs is 1. The van der Waals surface area contributed by atoms with Crippen LogP contribution in [0.15, 0.2) is 11.6 Å². The number of hydrogen-bond donors (Lipinski definition) is 2. The molecule has 2 aliphatic rings. The number of guanidine groups is 1. The van der Waals surface area contributed by atoms with Gasteiger partial charge in [-0.05, 0) is 26.2 Å². The van der Waals surface area contributed by atoms with E-state index in [1.165, 1.54) is 25.7 Å². The number of H-pyrrole nitrogens is 1. The van der Waals surface area contributed by atoms with E-state index in [9.17, 15) is 4.79 Å². The first-order valence-corrected chi connectivity index (χ1v) is 9.17. The second-order valence-corrected chi connectivity index (χ2v) is 6.50. The minimum atomic E-state index is -0.335. The fraction of sp³-hybridized carbons (Fsp3) is 0.611. The lowest BCUT2D eigenvalue weighted by Gasteiger charge is -2.31. The third-order valence-corrected chi connectivity index (χ3v) is 4.67. The maximum absolute atomic E-state index is 11.6. The quantitative estimate of drug-likeness (QED) is 0.774. The van der Waals surface area contributed by atoms with Crippen LogP contribution in [0.2, 0.25) is 0 Å². The summed E-state index contributed by atoms with van der Waals surface area (Å²) in [5.74, 6) is 2.55. The highest BCUT2D eigenvalue weighted by atomic mass is 16.5. The van der Waals surface area contributed by atoms with E-state index in [1.807, 2.05) is 4.90 Å². The average Bonchev–Trinajstić information content (AvgIpc) is 3.25. The highest BCUT2D eigenvalue weighted by Gasteiger charge is 2.30. The number of hydrogen-bond acceptors (Lipinski definition) is 4. The highest BCUT2D eigenvalue weighted by Crippen LogP contribution is 2.36. The van der Waals surface area contributed by atoms with Crippen molar-refractivity contribution in [2.24, 2.45) is 4.99 Å². The summed E-state index contributed by atoms with van der Waals surface area (Å²) >= 11 is 0. The first-order chi connectivity index (χ1) is 12.1. The molecule has 0 radical (unpaired) electrons. The van der Waals surface area contributed by atoms with Gasteiger partial charge in [0.05, 0.1) is 12.3 Å². The summed E-state index contributed by atoms with van der Waals surface area (Å²) in [6, 6.07) is 0. The summed E-state index contributed by atoms with van der Waals surface area (Å²) in [6.45, 7) is 9.23. The van der Waals surface area contributed by atoms with Crippen LogP contribution in [0.3, 0.4) is 0 Å². The van der Waals surface area contributed by atoms with Crippen LogP contribution < -0.4 is 5.32 Å². The van der Waals surface area contributed by atoms with Gasteiger partial charge in [0.15, 0.2) is 5.82 Å². The number of carbonyl (C=O) groups is 1. The number of anilines is 1. The lowest BCUT2D eigenvalue weighted by atomic mass is 10.1. The molecule has 2 heterocycles. The van der Waals surface area contributed by atoms with Gasteiger partial charge in [-0.3, -0.25) is 4.79 Å². The van der Waals surface area contributed by atoms with E-state index < -0.39 is 0 Å².